The maximum Gasteiger partial charge on any atom is 0.231 e. The number of hydrogen-bond donors (Lipinski definition) is 1. The summed E-state index contributed by atoms with van der Waals surface area (Å²) in [6.07, 6.45) is 1.49. The highest BCUT2D eigenvalue weighted by molar-refractivity contribution is 5.35. The van der Waals surface area contributed by atoms with E-state index in [1.54, 1.807) is 7.11 Å². The highest BCUT2D eigenvalue weighted by Crippen LogP contribution is 2.21. The second kappa shape index (κ2) is 6.33. The average Bonchev–Trinajstić information content (AvgIpc) is 2.89. The van der Waals surface area contributed by atoms with Crippen LogP contribution in [0.5, 0.6) is 5.75 Å². The summed E-state index contributed by atoms with van der Waals surface area (Å²) >= 11 is 0. The molecule has 0 fully saturated rings. The first-order valence-electron chi connectivity index (χ1n) is 6.42. The number of nitrogens with two attached hydrogens (primary N) is 1. The summed E-state index contributed by atoms with van der Waals surface area (Å²) in [5, 5.41) is 4.01. The molecule has 2 N–H and O–H groups in total. The second-order valence-electron chi connectivity index (χ2n) is 4.38. The summed E-state index contributed by atoms with van der Waals surface area (Å²) in [4.78, 5) is 4.41. The molecule has 0 saturated carbocycles. The Morgan fingerprint density at radius 3 is 2.84 bits per heavy atom. The van der Waals surface area contributed by atoms with E-state index in [1.165, 1.54) is 0 Å². The number of benzene rings is 1. The van der Waals surface area contributed by atoms with Gasteiger partial charge in [0.1, 0.15) is 5.75 Å². The SMILES string of the molecule is CCC(CN)c1nc(Cc2ccccc2OC)no1. The maximum absolute atomic E-state index is 5.68. The number of ether oxygens (including phenoxy) is 1. The molecule has 1 aromatic carbocycles. The van der Waals surface area contributed by atoms with Crippen molar-refractivity contribution in [2.45, 2.75) is 25.7 Å². The van der Waals surface area contributed by atoms with Crippen LogP contribution in [0.1, 0.15) is 36.5 Å². The largest absolute Gasteiger partial charge is 0.496 e. The van der Waals surface area contributed by atoms with Crippen LogP contribution in [-0.4, -0.2) is 23.8 Å². The minimum atomic E-state index is 0.138. The topological polar surface area (TPSA) is 74.2 Å². The lowest BCUT2D eigenvalue weighted by molar-refractivity contribution is 0.348. The van der Waals surface area contributed by atoms with Crippen molar-refractivity contribution in [3.05, 3.63) is 41.5 Å². The molecule has 1 atom stereocenters. The van der Waals surface area contributed by atoms with Crippen LogP contribution in [0.15, 0.2) is 28.8 Å². The molecule has 0 bridgehead atoms. The Bertz CT molecular complexity index is 521. The molecule has 19 heavy (non-hydrogen) atoms. The minimum absolute atomic E-state index is 0.138. The van der Waals surface area contributed by atoms with Gasteiger partial charge in [-0.25, -0.2) is 0 Å². The van der Waals surface area contributed by atoms with E-state index in [9.17, 15) is 0 Å². The molecule has 5 nitrogen and oxygen atoms in total. The number of rotatable bonds is 6. The molecule has 1 aromatic heterocycles. The fourth-order valence-electron chi connectivity index (χ4n) is 1.97. The minimum Gasteiger partial charge on any atom is -0.496 e. The van der Waals surface area contributed by atoms with Gasteiger partial charge in [-0.2, -0.15) is 4.98 Å². The Kier molecular flexibility index (Phi) is 4.52. The van der Waals surface area contributed by atoms with Gasteiger partial charge in [-0.1, -0.05) is 30.3 Å². The molecule has 0 aliphatic heterocycles. The van der Waals surface area contributed by atoms with Crippen molar-refractivity contribution in [2.75, 3.05) is 13.7 Å². The molecule has 2 aromatic rings. The normalized spacial score (nSPS) is 12.4. The zero-order valence-electron chi connectivity index (χ0n) is 11.3. The summed E-state index contributed by atoms with van der Waals surface area (Å²) in [6.45, 7) is 2.58. The summed E-state index contributed by atoms with van der Waals surface area (Å²) < 4.78 is 10.6. The summed E-state index contributed by atoms with van der Waals surface area (Å²) in [7, 11) is 1.65. The zero-order chi connectivity index (χ0) is 13.7. The van der Waals surface area contributed by atoms with Crippen LogP contribution >= 0.6 is 0 Å². The van der Waals surface area contributed by atoms with Gasteiger partial charge < -0.3 is 15.0 Å². The van der Waals surface area contributed by atoms with Crippen LogP contribution in [-0.2, 0) is 6.42 Å². The molecule has 2 rings (SSSR count). The van der Waals surface area contributed by atoms with Crippen molar-refractivity contribution in [1.29, 1.82) is 0 Å². The van der Waals surface area contributed by atoms with Gasteiger partial charge >= 0.3 is 0 Å². The van der Waals surface area contributed by atoms with Gasteiger partial charge in [0.2, 0.25) is 5.89 Å². The third-order valence-corrected chi connectivity index (χ3v) is 3.15. The highest BCUT2D eigenvalue weighted by Gasteiger charge is 2.16. The number of para-hydroxylation sites is 1. The van der Waals surface area contributed by atoms with E-state index in [4.69, 9.17) is 15.0 Å². The Balaban J connectivity index is 2.15. The molecule has 1 heterocycles. The van der Waals surface area contributed by atoms with Crippen molar-refractivity contribution in [3.63, 3.8) is 0 Å². The quantitative estimate of drug-likeness (QED) is 0.862. The zero-order valence-corrected chi connectivity index (χ0v) is 11.3. The average molecular weight is 261 g/mol. The predicted molar refractivity (Wildman–Crippen MR) is 72.2 cm³/mol. The van der Waals surface area contributed by atoms with Crippen molar-refractivity contribution < 1.29 is 9.26 Å². The van der Waals surface area contributed by atoms with Crippen LogP contribution in [0.2, 0.25) is 0 Å². The van der Waals surface area contributed by atoms with Crippen LogP contribution in [0.25, 0.3) is 0 Å². The molecule has 5 heteroatoms. The van der Waals surface area contributed by atoms with Gasteiger partial charge in [0, 0.05) is 18.5 Å². The Morgan fingerprint density at radius 2 is 2.16 bits per heavy atom. The Labute approximate surface area is 112 Å². The van der Waals surface area contributed by atoms with Gasteiger partial charge in [0.25, 0.3) is 0 Å². The molecule has 0 saturated heterocycles. The second-order valence-corrected chi connectivity index (χ2v) is 4.38. The first-order valence-corrected chi connectivity index (χ1v) is 6.42. The van der Waals surface area contributed by atoms with E-state index in [2.05, 4.69) is 17.1 Å². The Hall–Kier alpha value is -1.88. The lowest BCUT2D eigenvalue weighted by Gasteiger charge is -2.05. The third kappa shape index (κ3) is 3.12. The number of aromatic nitrogens is 2. The summed E-state index contributed by atoms with van der Waals surface area (Å²) in [6, 6.07) is 7.82. The van der Waals surface area contributed by atoms with Gasteiger partial charge in [-0.15, -0.1) is 0 Å². The molecule has 0 radical (unpaired) electrons. The van der Waals surface area contributed by atoms with Crippen LogP contribution in [0, 0.1) is 0 Å². The van der Waals surface area contributed by atoms with Crippen LogP contribution in [0.4, 0.5) is 0 Å². The lowest BCUT2D eigenvalue weighted by atomic mass is 10.1. The van der Waals surface area contributed by atoms with E-state index < -0.39 is 0 Å². The third-order valence-electron chi connectivity index (χ3n) is 3.15. The molecule has 0 aliphatic carbocycles. The fraction of sp³-hybridized carbons (Fsp3) is 0.429. The lowest BCUT2D eigenvalue weighted by Crippen LogP contribution is -2.11. The first-order chi connectivity index (χ1) is 9.28. The van der Waals surface area contributed by atoms with E-state index >= 15 is 0 Å². The van der Waals surface area contributed by atoms with Crippen molar-refractivity contribution >= 4 is 0 Å². The van der Waals surface area contributed by atoms with Gasteiger partial charge in [0.05, 0.1) is 13.0 Å². The van der Waals surface area contributed by atoms with Crippen LogP contribution < -0.4 is 10.5 Å². The molecule has 0 amide bonds. The van der Waals surface area contributed by atoms with Gasteiger partial charge in [-0.3, -0.25) is 0 Å². The molecular formula is C14H19N3O2. The maximum atomic E-state index is 5.68. The van der Waals surface area contributed by atoms with Crippen molar-refractivity contribution in [1.82, 2.24) is 10.1 Å². The highest BCUT2D eigenvalue weighted by atomic mass is 16.5. The van der Waals surface area contributed by atoms with E-state index in [0.717, 1.165) is 17.7 Å². The standard InChI is InChI=1S/C14H19N3O2/c1-3-10(9-15)14-16-13(17-19-14)8-11-6-4-5-7-12(11)18-2/h4-7,10H,3,8-9,15H2,1-2H3. The van der Waals surface area contributed by atoms with E-state index in [1.807, 2.05) is 24.3 Å². The smallest absolute Gasteiger partial charge is 0.231 e. The Morgan fingerprint density at radius 1 is 1.37 bits per heavy atom. The molecule has 102 valence electrons. The van der Waals surface area contributed by atoms with E-state index in [0.29, 0.717) is 24.7 Å². The molecular weight excluding hydrogens is 242 g/mol. The number of methoxy groups -OCH3 is 1. The van der Waals surface area contributed by atoms with Crippen molar-refractivity contribution in [2.24, 2.45) is 5.73 Å². The van der Waals surface area contributed by atoms with Crippen molar-refractivity contribution in [3.8, 4) is 5.75 Å². The molecule has 1 unspecified atom stereocenters. The first kappa shape index (κ1) is 13.5. The molecule has 0 spiro atoms. The monoisotopic (exact) mass is 261 g/mol. The van der Waals surface area contributed by atoms with Crippen LogP contribution in [0.3, 0.4) is 0 Å². The van der Waals surface area contributed by atoms with Gasteiger partial charge in [0.15, 0.2) is 5.82 Å². The van der Waals surface area contributed by atoms with Gasteiger partial charge in [-0.05, 0) is 12.5 Å². The molecule has 0 aliphatic rings. The predicted octanol–water partition coefficient (Wildman–Crippen LogP) is 2.12. The fourth-order valence-corrected chi connectivity index (χ4v) is 1.97. The summed E-state index contributed by atoms with van der Waals surface area (Å²) in [5.41, 5.74) is 6.71. The number of nitrogens with zero attached hydrogens (tertiary/aromatic N) is 2. The number of hydrogen-bond acceptors (Lipinski definition) is 5. The summed E-state index contributed by atoms with van der Waals surface area (Å²) in [5.74, 6) is 2.25. The van der Waals surface area contributed by atoms with E-state index in [-0.39, 0.29) is 5.92 Å².